The molecule has 0 amide bonds. The van der Waals surface area contributed by atoms with Crippen LogP contribution < -0.4 is 4.74 Å². The molecule has 0 bridgehead atoms. The number of hydrogen-bond acceptors (Lipinski definition) is 6. The van der Waals surface area contributed by atoms with E-state index in [2.05, 4.69) is 25.4 Å². The average Bonchev–Trinajstić information content (AvgIpc) is 3.46. The van der Waals surface area contributed by atoms with E-state index in [0.29, 0.717) is 23.0 Å². The zero-order chi connectivity index (χ0) is 32.6. The molecule has 150 valence electrons. The first-order valence-corrected chi connectivity index (χ1v) is 7.76. The Labute approximate surface area is 184 Å². The molecule has 0 unspecified atom stereocenters. The molecule has 3 aromatic heterocycles. The van der Waals surface area contributed by atoms with Crippen LogP contribution in [0.25, 0.3) is 17.0 Å². The van der Waals surface area contributed by atoms with Crippen LogP contribution in [0.5, 0.6) is 5.88 Å². The summed E-state index contributed by atoms with van der Waals surface area (Å²) in [6.45, 7) is -18.2. The SMILES string of the molecule is [2H]C([2H])(Oc1nn2c(-c3cc(F)ccc3F)nnc2cc1C(C([2H])([2H])[2H])(C([2H])([2H])[2H])C([2H])([2H])[2H])c1ncnn1C([2H])([2H])[2H]. The van der Waals surface area contributed by atoms with Gasteiger partial charge in [0.15, 0.2) is 17.3 Å². The van der Waals surface area contributed by atoms with Gasteiger partial charge in [-0.05, 0) is 29.7 Å². The highest BCUT2D eigenvalue weighted by Crippen LogP contribution is 2.32. The lowest BCUT2D eigenvalue weighted by atomic mass is 9.88. The van der Waals surface area contributed by atoms with Crippen LogP contribution in [0.4, 0.5) is 8.78 Å². The zero-order valence-corrected chi connectivity index (χ0v) is 14.2. The quantitative estimate of drug-likeness (QED) is 0.511. The Morgan fingerprint density at radius 2 is 2.07 bits per heavy atom. The number of aryl methyl sites for hydroxylation is 1. The molecule has 4 rings (SSSR count). The fourth-order valence-corrected chi connectivity index (χ4v) is 2.40. The fraction of sp³-hybridized carbons (Fsp3) is 0.316. The molecule has 10 heteroatoms. The Kier molecular flexibility index (Phi) is 2.02. The van der Waals surface area contributed by atoms with Crippen LogP contribution in [0.2, 0.25) is 0 Å². The predicted molar refractivity (Wildman–Crippen MR) is 100 cm³/mol. The third kappa shape index (κ3) is 3.53. The highest BCUT2D eigenvalue weighted by atomic mass is 19.1. The maximum absolute atomic E-state index is 14.7. The maximum Gasteiger partial charge on any atom is 0.236 e. The van der Waals surface area contributed by atoms with Crippen molar-refractivity contribution in [2.45, 2.75) is 32.5 Å². The summed E-state index contributed by atoms with van der Waals surface area (Å²) in [5.41, 5.74) is -6.14. The van der Waals surface area contributed by atoms with Crippen LogP contribution in [0.3, 0.4) is 0 Å². The lowest BCUT2D eigenvalue weighted by Gasteiger charge is -2.21. The molecule has 3 heterocycles. The van der Waals surface area contributed by atoms with Crippen molar-refractivity contribution in [3.63, 3.8) is 0 Å². The van der Waals surface area contributed by atoms with E-state index in [1.165, 1.54) is 0 Å². The summed E-state index contributed by atoms with van der Waals surface area (Å²) in [6, 6.07) is 2.80. The van der Waals surface area contributed by atoms with Crippen molar-refractivity contribution in [2.24, 2.45) is 6.98 Å². The van der Waals surface area contributed by atoms with E-state index in [9.17, 15) is 8.78 Å². The summed E-state index contributed by atoms with van der Waals surface area (Å²) in [5.74, 6) is -4.85. The predicted octanol–water partition coefficient (Wildman–Crippen LogP) is 3.07. The van der Waals surface area contributed by atoms with Crippen LogP contribution in [-0.4, -0.2) is 34.6 Å². The fourth-order valence-electron chi connectivity index (χ4n) is 2.40. The number of halogens is 2. The van der Waals surface area contributed by atoms with E-state index >= 15 is 0 Å². The molecule has 0 aliphatic carbocycles. The van der Waals surface area contributed by atoms with Crippen LogP contribution >= 0.6 is 0 Å². The molecule has 0 saturated carbocycles. The second-order valence-electron chi connectivity index (χ2n) is 5.73. The number of hydrogen-bond donors (Lipinski definition) is 0. The van der Waals surface area contributed by atoms with Crippen LogP contribution in [0, 0.1) is 11.6 Å². The molecule has 0 radical (unpaired) electrons. The van der Waals surface area contributed by atoms with Gasteiger partial charge in [-0.25, -0.2) is 13.8 Å². The minimum Gasteiger partial charge on any atom is -0.468 e. The van der Waals surface area contributed by atoms with Crippen molar-refractivity contribution in [3.05, 3.63) is 53.6 Å². The molecule has 0 aliphatic rings. The van der Waals surface area contributed by atoms with Gasteiger partial charge in [-0.15, -0.1) is 15.3 Å². The number of nitrogens with zero attached hydrogens (tertiary/aromatic N) is 7. The minimum atomic E-state index is -3.88. The summed E-state index contributed by atoms with van der Waals surface area (Å²) in [4.78, 5) is 3.54. The molecule has 4 aromatic rings. The Bertz CT molecular complexity index is 1640. The number of aromatic nitrogens is 7. The number of benzene rings is 1. The van der Waals surface area contributed by atoms with Crippen LogP contribution in [0.15, 0.2) is 30.6 Å². The largest absolute Gasteiger partial charge is 0.468 e. The van der Waals surface area contributed by atoms with E-state index in [-0.39, 0.29) is 4.68 Å². The van der Waals surface area contributed by atoms with Gasteiger partial charge in [0.25, 0.3) is 0 Å². The van der Waals surface area contributed by atoms with Gasteiger partial charge in [0, 0.05) is 29.0 Å². The van der Waals surface area contributed by atoms with E-state index in [1.54, 1.807) is 0 Å². The molecule has 0 aliphatic heterocycles. The lowest BCUT2D eigenvalue weighted by molar-refractivity contribution is 0.266. The van der Waals surface area contributed by atoms with Crippen molar-refractivity contribution < 1.29 is 32.7 Å². The molecule has 0 N–H and O–H groups in total. The van der Waals surface area contributed by atoms with Gasteiger partial charge in [-0.3, -0.25) is 4.68 Å². The Hall–Kier alpha value is -3.43. The Morgan fingerprint density at radius 3 is 2.86 bits per heavy atom. The first-order valence-electron chi connectivity index (χ1n) is 14.8. The topological polar surface area (TPSA) is 83.0 Å². The first kappa shape index (κ1) is 8.52. The van der Waals surface area contributed by atoms with Gasteiger partial charge in [0.1, 0.15) is 24.5 Å². The molecule has 0 fully saturated rings. The monoisotopic (exact) mass is 413 g/mol. The smallest absolute Gasteiger partial charge is 0.236 e. The lowest BCUT2D eigenvalue weighted by Crippen LogP contribution is -2.17. The molecule has 0 atom stereocenters. The maximum atomic E-state index is 14.7. The van der Waals surface area contributed by atoms with Crippen molar-refractivity contribution in [3.8, 4) is 17.3 Å². The van der Waals surface area contributed by atoms with Gasteiger partial charge < -0.3 is 4.74 Å². The van der Waals surface area contributed by atoms with Crippen molar-refractivity contribution >= 4 is 5.65 Å². The molecular formula is C19H19F2N7O. The van der Waals surface area contributed by atoms with Gasteiger partial charge in [-0.1, -0.05) is 20.6 Å². The molecule has 0 spiro atoms. The summed E-state index contributed by atoms with van der Waals surface area (Å²) in [6.07, 6.45) is 0.655. The van der Waals surface area contributed by atoms with Gasteiger partial charge >= 0.3 is 0 Å². The minimum absolute atomic E-state index is 0.141. The molecular weight excluding hydrogens is 380 g/mol. The van der Waals surface area contributed by atoms with Crippen LogP contribution in [-0.2, 0) is 18.9 Å². The van der Waals surface area contributed by atoms with Crippen molar-refractivity contribution in [1.29, 1.82) is 0 Å². The summed E-state index contributed by atoms with van der Waals surface area (Å²) in [7, 11) is 0. The van der Waals surface area contributed by atoms with Crippen LogP contribution in [0.1, 0.15) is 51.1 Å². The van der Waals surface area contributed by atoms with Crippen molar-refractivity contribution in [1.82, 2.24) is 34.6 Å². The van der Waals surface area contributed by atoms with Gasteiger partial charge in [0.2, 0.25) is 5.88 Å². The average molecular weight is 413 g/mol. The van der Waals surface area contributed by atoms with E-state index in [4.69, 9.17) is 23.9 Å². The molecule has 29 heavy (non-hydrogen) atoms. The summed E-state index contributed by atoms with van der Waals surface area (Å²) in [5, 5.41) is 14.7. The van der Waals surface area contributed by atoms with E-state index in [0.717, 1.165) is 12.1 Å². The van der Waals surface area contributed by atoms with Crippen molar-refractivity contribution in [2.75, 3.05) is 0 Å². The molecule has 1 aromatic carbocycles. The van der Waals surface area contributed by atoms with Gasteiger partial charge in [0.05, 0.1) is 8.30 Å². The Balaban J connectivity index is 2.13. The normalized spacial score (nSPS) is 21.3. The second-order valence-corrected chi connectivity index (χ2v) is 5.73. The third-order valence-corrected chi connectivity index (χ3v) is 3.72. The third-order valence-electron chi connectivity index (χ3n) is 3.72. The zero-order valence-electron chi connectivity index (χ0n) is 28.2. The van der Waals surface area contributed by atoms with Gasteiger partial charge in [-0.2, -0.15) is 9.61 Å². The number of ether oxygens (including phenoxy) is 1. The Morgan fingerprint density at radius 1 is 1.21 bits per heavy atom. The summed E-state index contributed by atoms with van der Waals surface area (Å²) < 4.78 is 147. The first-order chi connectivity index (χ1) is 19.4. The highest BCUT2D eigenvalue weighted by molar-refractivity contribution is 5.60. The van der Waals surface area contributed by atoms with E-state index < -0.39 is 85.4 Å². The standard InChI is InChI=1S/C19H19F2N7O/c1-19(2,3)13-8-15-24-25-17(12-7-11(20)5-6-14(12)21)28(15)26-18(13)29-9-16-22-10-23-27(16)4/h5-8,10H,9H2,1-4H3/i1D3,2D3,3D3,4D3,9D2. The summed E-state index contributed by atoms with van der Waals surface area (Å²) >= 11 is 0. The second kappa shape index (κ2) is 6.87. The molecule has 8 nitrogen and oxygen atoms in total. The molecule has 0 saturated heterocycles. The highest BCUT2D eigenvalue weighted by Gasteiger charge is 2.24. The van der Waals surface area contributed by atoms with E-state index in [1.807, 2.05) is 0 Å². The number of fused-ring (bicyclic) bond motifs is 1. The number of rotatable bonds is 4.